The molecule has 2 saturated heterocycles. The number of nitrogens with zero attached hydrogens (tertiary/aromatic N) is 3. The molecule has 0 aliphatic carbocycles. The minimum Gasteiger partial charge on any atom is -0.507 e. The second-order valence-electron chi connectivity index (χ2n) is 8.63. The predicted molar refractivity (Wildman–Crippen MR) is 124 cm³/mol. The van der Waals surface area contributed by atoms with Gasteiger partial charge in [0, 0.05) is 29.0 Å². The molecule has 6 rings (SSSR count). The SMILES string of the molecule is O=C1/C2=C(\O)COC/C=C\N2N([C@@H]2c3ccccc3SCc3c2ccc(F)c3F)[C@@H]2COCCN12. The van der Waals surface area contributed by atoms with Gasteiger partial charge >= 0.3 is 0 Å². The summed E-state index contributed by atoms with van der Waals surface area (Å²) in [5, 5.41) is 14.4. The number of fused-ring (bicyclic) bond motifs is 4. The number of hydrogen-bond acceptors (Lipinski definition) is 7. The summed E-state index contributed by atoms with van der Waals surface area (Å²) in [6.07, 6.45) is 2.92. The molecule has 0 aromatic heterocycles. The second-order valence-corrected chi connectivity index (χ2v) is 9.65. The first-order valence-electron chi connectivity index (χ1n) is 11.4. The molecular formula is C25H23F2N3O4S. The first kappa shape index (κ1) is 22.5. The zero-order valence-electron chi connectivity index (χ0n) is 18.7. The average Bonchev–Trinajstić information content (AvgIpc) is 3.02. The number of thioether (sulfide) groups is 1. The fraction of sp³-hybridized carbons (Fsp3) is 0.320. The summed E-state index contributed by atoms with van der Waals surface area (Å²) in [6.45, 7) is 1.06. The number of halogens is 2. The lowest BCUT2D eigenvalue weighted by molar-refractivity contribution is -0.189. The van der Waals surface area contributed by atoms with Crippen molar-refractivity contribution in [1.82, 2.24) is 14.9 Å². The Morgan fingerprint density at radius 3 is 2.83 bits per heavy atom. The Morgan fingerprint density at radius 1 is 1.09 bits per heavy atom. The summed E-state index contributed by atoms with van der Waals surface area (Å²) in [7, 11) is 0. The number of hydrazine groups is 1. The maximum atomic E-state index is 15.1. The van der Waals surface area contributed by atoms with Crippen molar-refractivity contribution >= 4 is 17.7 Å². The van der Waals surface area contributed by atoms with E-state index < -0.39 is 23.8 Å². The van der Waals surface area contributed by atoms with Crippen molar-refractivity contribution < 1.29 is 28.2 Å². The lowest BCUT2D eigenvalue weighted by atomic mass is 9.93. The summed E-state index contributed by atoms with van der Waals surface area (Å²) in [4.78, 5) is 16.1. The van der Waals surface area contributed by atoms with Crippen LogP contribution in [0.4, 0.5) is 8.78 Å². The van der Waals surface area contributed by atoms with Gasteiger partial charge in [0.05, 0.1) is 25.9 Å². The van der Waals surface area contributed by atoms with Crippen LogP contribution in [0.25, 0.3) is 0 Å². The van der Waals surface area contributed by atoms with E-state index in [0.29, 0.717) is 18.7 Å². The molecule has 4 aliphatic rings. The number of aliphatic hydroxyl groups excluding tert-OH is 1. The van der Waals surface area contributed by atoms with Crippen LogP contribution < -0.4 is 0 Å². The second kappa shape index (κ2) is 8.94. The number of carbonyl (C=O) groups is 1. The van der Waals surface area contributed by atoms with E-state index in [1.807, 2.05) is 29.3 Å². The summed E-state index contributed by atoms with van der Waals surface area (Å²) in [5.41, 5.74) is 1.86. The standard InChI is InChI=1S/C25H23F2N3O4S/c26-18-7-6-15-17(22(18)27)14-35-20-5-2-1-4-16(20)23(15)30-21-13-34-11-9-28(21)25(32)24-19(31)12-33-10-3-8-29(24)30/h1-8,21,23,31H,9-14H2/b8-3-,24-19+/t21-,23+/m1/s1. The Bertz CT molecular complexity index is 1250. The molecule has 7 nitrogen and oxygen atoms in total. The number of benzene rings is 2. The summed E-state index contributed by atoms with van der Waals surface area (Å²) in [6, 6.07) is 9.93. The van der Waals surface area contributed by atoms with Gasteiger partial charge < -0.3 is 19.5 Å². The van der Waals surface area contributed by atoms with Crippen LogP contribution in [0.15, 0.2) is 65.0 Å². The molecule has 1 N–H and O–H groups in total. The van der Waals surface area contributed by atoms with Gasteiger partial charge in [-0.2, -0.15) is 5.01 Å². The van der Waals surface area contributed by atoms with Crippen LogP contribution in [-0.2, 0) is 20.0 Å². The topological polar surface area (TPSA) is 65.5 Å². The van der Waals surface area contributed by atoms with Gasteiger partial charge in [-0.05, 0) is 29.3 Å². The minimum absolute atomic E-state index is 0.0811. The van der Waals surface area contributed by atoms with Crippen LogP contribution in [0.1, 0.15) is 22.7 Å². The third kappa shape index (κ3) is 3.63. The van der Waals surface area contributed by atoms with Crippen LogP contribution in [0.5, 0.6) is 0 Å². The zero-order chi connectivity index (χ0) is 24.1. The predicted octanol–water partition coefficient (Wildman–Crippen LogP) is 3.69. The molecule has 35 heavy (non-hydrogen) atoms. The van der Waals surface area contributed by atoms with Crippen molar-refractivity contribution in [2.45, 2.75) is 22.9 Å². The van der Waals surface area contributed by atoms with Gasteiger partial charge in [-0.3, -0.25) is 9.80 Å². The van der Waals surface area contributed by atoms with Gasteiger partial charge in [-0.1, -0.05) is 24.3 Å². The molecule has 0 bridgehead atoms. The van der Waals surface area contributed by atoms with Gasteiger partial charge in [-0.25, -0.2) is 8.78 Å². The fourth-order valence-corrected chi connectivity index (χ4v) is 6.24. The third-order valence-corrected chi connectivity index (χ3v) is 7.82. The molecule has 182 valence electrons. The molecule has 0 spiro atoms. The van der Waals surface area contributed by atoms with E-state index in [4.69, 9.17) is 9.47 Å². The average molecular weight is 500 g/mol. The molecule has 0 saturated carbocycles. The highest BCUT2D eigenvalue weighted by Gasteiger charge is 2.49. The third-order valence-electron chi connectivity index (χ3n) is 6.70. The number of rotatable bonds is 1. The highest BCUT2D eigenvalue weighted by Crippen LogP contribution is 2.47. The minimum atomic E-state index is -0.896. The molecule has 0 unspecified atom stereocenters. The van der Waals surface area contributed by atoms with Crippen molar-refractivity contribution in [3.05, 3.63) is 88.5 Å². The summed E-state index contributed by atoms with van der Waals surface area (Å²) in [5.74, 6) is -2.01. The smallest absolute Gasteiger partial charge is 0.277 e. The molecule has 1 amide bonds. The number of hydrogen-bond donors (Lipinski definition) is 1. The van der Waals surface area contributed by atoms with Gasteiger partial charge in [0.25, 0.3) is 5.91 Å². The van der Waals surface area contributed by atoms with Gasteiger partial charge in [-0.15, -0.1) is 11.8 Å². The Kier molecular flexibility index (Phi) is 5.76. The van der Waals surface area contributed by atoms with Gasteiger partial charge in [0.2, 0.25) is 0 Å². The molecule has 2 aromatic rings. The number of amides is 1. The Labute approximate surface area is 205 Å². The van der Waals surface area contributed by atoms with E-state index in [1.54, 1.807) is 28.3 Å². The number of morpholine rings is 1. The normalized spacial score (nSPS) is 27.7. The van der Waals surface area contributed by atoms with Crippen LogP contribution in [0, 0.1) is 11.6 Å². The highest BCUT2D eigenvalue weighted by molar-refractivity contribution is 7.98. The van der Waals surface area contributed by atoms with Crippen LogP contribution in [0.2, 0.25) is 0 Å². The van der Waals surface area contributed by atoms with Crippen molar-refractivity contribution in [1.29, 1.82) is 0 Å². The Balaban J connectivity index is 1.62. The van der Waals surface area contributed by atoms with E-state index in [-0.39, 0.29) is 48.5 Å². The number of ether oxygens (including phenoxy) is 2. The Hall–Kier alpha value is -2.92. The van der Waals surface area contributed by atoms with Crippen molar-refractivity contribution in [2.75, 3.05) is 33.0 Å². The van der Waals surface area contributed by atoms with Gasteiger partial charge in [0.1, 0.15) is 18.5 Å². The molecule has 2 fully saturated rings. The fourth-order valence-electron chi connectivity index (χ4n) is 5.13. The molecule has 2 atom stereocenters. The monoisotopic (exact) mass is 499 g/mol. The number of aliphatic hydroxyl groups is 1. The molecular weight excluding hydrogens is 476 g/mol. The van der Waals surface area contributed by atoms with E-state index in [1.165, 1.54) is 11.8 Å². The Morgan fingerprint density at radius 2 is 1.94 bits per heavy atom. The maximum Gasteiger partial charge on any atom is 0.277 e. The van der Waals surface area contributed by atoms with E-state index >= 15 is 4.39 Å². The molecule has 2 aromatic carbocycles. The first-order valence-corrected chi connectivity index (χ1v) is 12.4. The maximum absolute atomic E-state index is 15.1. The lowest BCUT2D eigenvalue weighted by Crippen LogP contribution is -2.67. The highest BCUT2D eigenvalue weighted by atomic mass is 32.2. The van der Waals surface area contributed by atoms with Gasteiger partial charge in [0.15, 0.2) is 17.3 Å². The van der Waals surface area contributed by atoms with Crippen LogP contribution in [0.3, 0.4) is 0 Å². The molecule has 4 heterocycles. The molecule has 0 radical (unpaired) electrons. The van der Waals surface area contributed by atoms with E-state index in [0.717, 1.165) is 16.5 Å². The van der Waals surface area contributed by atoms with Crippen LogP contribution >= 0.6 is 11.8 Å². The van der Waals surface area contributed by atoms with E-state index in [2.05, 4.69) is 0 Å². The van der Waals surface area contributed by atoms with Crippen molar-refractivity contribution in [3.63, 3.8) is 0 Å². The van der Waals surface area contributed by atoms with E-state index in [9.17, 15) is 14.3 Å². The first-order chi connectivity index (χ1) is 17.1. The molecule has 4 aliphatic heterocycles. The summed E-state index contributed by atoms with van der Waals surface area (Å²) >= 11 is 1.45. The molecule has 10 heteroatoms. The lowest BCUT2D eigenvalue weighted by Gasteiger charge is -2.54. The van der Waals surface area contributed by atoms with Crippen molar-refractivity contribution in [2.24, 2.45) is 0 Å². The zero-order valence-corrected chi connectivity index (χ0v) is 19.5. The summed E-state index contributed by atoms with van der Waals surface area (Å²) < 4.78 is 40.7. The quantitative estimate of drug-likeness (QED) is 0.642. The number of carbonyl (C=O) groups excluding carboxylic acids is 1. The van der Waals surface area contributed by atoms with Crippen LogP contribution in [-0.4, -0.2) is 65.1 Å². The largest absolute Gasteiger partial charge is 0.507 e. The van der Waals surface area contributed by atoms with Crippen molar-refractivity contribution in [3.8, 4) is 0 Å².